The van der Waals surface area contributed by atoms with Crippen LogP contribution in [0.2, 0.25) is 5.02 Å². The molecule has 0 aliphatic carbocycles. The van der Waals surface area contributed by atoms with Gasteiger partial charge < -0.3 is 10.1 Å². The van der Waals surface area contributed by atoms with Crippen molar-refractivity contribution in [1.82, 2.24) is 9.62 Å². The van der Waals surface area contributed by atoms with Gasteiger partial charge in [0.1, 0.15) is 0 Å². The van der Waals surface area contributed by atoms with Crippen molar-refractivity contribution in [3.05, 3.63) is 64.7 Å². The minimum absolute atomic E-state index is 0.0610. The smallest absolute Gasteiger partial charge is 0.253 e. The number of nitrogens with zero attached hydrogens (tertiary/aromatic N) is 1. The van der Waals surface area contributed by atoms with E-state index in [-0.39, 0.29) is 27.4 Å². The molecule has 0 aromatic heterocycles. The lowest BCUT2D eigenvalue weighted by Gasteiger charge is -2.26. The van der Waals surface area contributed by atoms with E-state index in [4.69, 9.17) is 16.3 Å². The second-order valence-corrected chi connectivity index (χ2v) is 9.40. The third-order valence-electron chi connectivity index (χ3n) is 4.88. The highest BCUT2D eigenvalue weighted by Crippen LogP contribution is 2.24. The molecule has 0 spiro atoms. The zero-order chi connectivity index (χ0) is 20.9. The van der Waals surface area contributed by atoms with Crippen molar-refractivity contribution in [1.29, 1.82) is 0 Å². The van der Waals surface area contributed by atoms with Crippen molar-refractivity contribution in [2.75, 3.05) is 26.3 Å². The molecular weight excluding hydrogens is 412 g/mol. The zero-order valence-electron chi connectivity index (χ0n) is 16.3. The molecule has 8 heteroatoms. The van der Waals surface area contributed by atoms with Gasteiger partial charge in [-0.1, -0.05) is 41.9 Å². The maximum Gasteiger partial charge on any atom is 0.253 e. The van der Waals surface area contributed by atoms with Gasteiger partial charge in [0, 0.05) is 19.1 Å². The van der Waals surface area contributed by atoms with Crippen LogP contribution in [0.5, 0.6) is 0 Å². The Labute approximate surface area is 176 Å². The molecular formula is C21H25ClN2O4S. The molecule has 2 aromatic carbocycles. The molecule has 1 N–H and O–H groups in total. The van der Waals surface area contributed by atoms with Gasteiger partial charge in [-0.05, 0) is 43.5 Å². The van der Waals surface area contributed by atoms with E-state index >= 15 is 0 Å². The minimum atomic E-state index is -3.69. The van der Waals surface area contributed by atoms with Crippen LogP contribution in [-0.4, -0.2) is 51.0 Å². The van der Waals surface area contributed by atoms with E-state index < -0.39 is 10.0 Å². The van der Waals surface area contributed by atoms with Crippen molar-refractivity contribution >= 4 is 27.5 Å². The third-order valence-corrected chi connectivity index (χ3v) is 7.10. The molecule has 1 saturated heterocycles. The van der Waals surface area contributed by atoms with Gasteiger partial charge in [-0.2, -0.15) is 4.31 Å². The summed E-state index contributed by atoms with van der Waals surface area (Å²) in [5.41, 5.74) is 1.36. The van der Waals surface area contributed by atoms with Crippen molar-refractivity contribution in [3.63, 3.8) is 0 Å². The number of aryl methyl sites for hydroxylation is 1. The highest BCUT2D eigenvalue weighted by atomic mass is 35.5. The Morgan fingerprint density at radius 2 is 1.86 bits per heavy atom. The largest absolute Gasteiger partial charge is 0.379 e. The second-order valence-electron chi connectivity index (χ2n) is 7.06. The molecule has 1 heterocycles. The van der Waals surface area contributed by atoms with E-state index in [1.807, 2.05) is 37.3 Å². The lowest BCUT2D eigenvalue weighted by molar-refractivity contribution is 0.0730. The number of ether oxygens (including phenoxy) is 1. The van der Waals surface area contributed by atoms with E-state index in [9.17, 15) is 13.2 Å². The van der Waals surface area contributed by atoms with Crippen LogP contribution in [0.3, 0.4) is 0 Å². The summed E-state index contributed by atoms with van der Waals surface area (Å²) in [4.78, 5) is 12.8. The fourth-order valence-electron chi connectivity index (χ4n) is 3.18. The van der Waals surface area contributed by atoms with Gasteiger partial charge in [0.25, 0.3) is 5.91 Å². The fourth-order valence-corrected chi connectivity index (χ4v) is 4.81. The molecule has 29 heavy (non-hydrogen) atoms. The summed E-state index contributed by atoms with van der Waals surface area (Å²) < 4.78 is 32.3. The van der Waals surface area contributed by atoms with E-state index in [1.165, 1.54) is 28.1 Å². The molecule has 1 aliphatic rings. The molecule has 1 atom stereocenters. The average molecular weight is 437 g/mol. The van der Waals surface area contributed by atoms with Crippen molar-refractivity contribution in [3.8, 4) is 0 Å². The molecule has 0 bridgehead atoms. The summed E-state index contributed by atoms with van der Waals surface area (Å²) in [6.07, 6.45) is 1.60. The first kappa shape index (κ1) is 21.8. The Morgan fingerprint density at radius 3 is 2.55 bits per heavy atom. The summed E-state index contributed by atoms with van der Waals surface area (Å²) in [6, 6.07) is 14.2. The van der Waals surface area contributed by atoms with E-state index in [1.54, 1.807) is 0 Å². The van der Waals surface area contributed by atoms with Gasteiger partial charge in [-0.3, -0.25) is 4.79 Å². The minimum Gasteiger partial charge on any atom is -0.379 e. The Kier molecular flexibility index (Phi) is 7.29. The monoisotopic (exact) mass is 436 g/mol. The predicted octanol–water partition coefficient (Wildman–Crippen LogP) is 3.11. The van der Waals surface area contributed by atoms with Crippen LogP contribution in [0.25, 0.3) is 0 Å². The number of morpholine rings is 1. The molecule has 156 valence electrons. The van der Waals surface area contributed by atoms with E-state index in [0.29, 0.717) is 26.3 Å². The Balaban J connectivity index is 1.69. The molecule has 6 nitrogen and oxygen atoms in total. The summed E-state index contributed by atoms with van der Waals surface area (Å²) in [5, 5.41) is 3.13. The van der Waals surface area contributed by atoms with Crippen LogP contribution in [-0.2, 0) is 21.2 Å². The van der Waals surface area contributed by atoms with Crippen molar-refractivity contribution in [2.24, 2.45) is 0 Å². The Hall–Kier alpha value is -1.93. The number of nitrogens with one attached hydrogen (secondary N) is 1. The van der Waals surface area contributed by atoms with Gasteiger partial charge in [0.05, 0.1) is 28.7 Å². The topological polar surface area (TPSA) is 75.7 Å². The third kappa shape index (κ3) is 5.57. The van der Waals surface area contributed by atoms with Crippen LogP contribution in [0.1, 0.15) is 29.3 Å². The molecule has 3 rings (SSSR count). The number of carbonyl (C=O) groups excluding carboxylic acids is 1. The van der Waals surface area contributed by atoms with Gasteiger partial charge in [0.15, 0.2) is 0 Å². The highest BCUT2D eigenvalue weighted by Gasteiger charge is 2.27. The Bertz CT molecular complexity index is 944. The van der Waals surface area contributed by atoms with Gasteiger partial charge >= 0.3 is 0 Å². The molecule has 1 amide bonds. The summed E-state index contributed by atoms with van der Waals surface area (Å²) in [6.45, 7) is 3.23. The van der Waals surface area contributed by atoms with Crippen molar-refractivity contribution < 1.29 is 17.9 Å². The van der Waals surface area contributed by atoms with Gasteiger partial charge in [-0.25, -0.2) is 8.42 Å². The quantitative estimate of drug-likeness (QED) is 0.723. The maximum absolute atomic E-state index is 12.9. The first-order chi connectivity index (χ1) is 13.9. The van der Waals surface area contributed by atoms with Crippen LogP contribution >= 0.6 is 11.6 Å². The van der Waals surface area contributed by atoms with Gasteiger partial charge in [-0.15, -0.1) is 0 Å². The SMILES string of the molecule is C[C@@H](CCc1ccccc1)NC(=O)c1cc(S(=O)(=O)N2CCOCC2)ccc1Cl. The highest BCUT2D eigenvalue weighted by molar-refractivity contribution is 7.89. The number of hydrogen-bond acceptors (Lipinski definition) is 4. The molecule has 1 fully saturated rings. The van der Waals surface area contributed by atoms with E-state index in [2.05, 4.69) is 5.32 Å². The van der Waals surface area contributed by atoms with Crippen LogP contribution in [0.4, 0.5) is 0 Å². The first-order valence-corrected chi connectivity index (χ1v) is 11.4. The molecule has 0 saturated carbocycles. The maximum atomic E-state index is 12.9. The lowest BCUT2D eigenvalue weighted by Crippen LogP contribution is -2.40. The number of carbonyl (C=O) groups is 1. The second kappa shape index (κ2) is 9.71. The normalized spacial score (nSPS) is 16.3. The number of rotatable bonds is 7. The molecule has 0 unspecified atom stereocenters. The average Bonchev–Trinajstić information content (AvgIpc) is 2.73. The number of hydrogen-bond donors (Lipinski definition) is 1. The summed E-state index contributed by atoms with van der Waals surface area (Å²) in [7, 11) is -3.69. The zero-order valence-corrected chi connectivity index (χ0v) is 17.9. The Morgan fingerprint density at radius 1 is 1.17 bits per heavy atom. The van der Waals surface area contributed by atoms with Gasteiger partial charge in [0.2, 0.25) is 10.0 Å². The number of sulfonamides is 1. The number of halogens is 1. The lowest BCUT2D eigenvalue weighted by atomic mass is 10.1. The van der Waals surface area contributed by atoms with Crippen molar-refractivity contribution in [2.45, 2.75) is 30.7 Å². The number of amides is 1. The van der Waals surface area contributed by atoms with E-state index in [0.717, 1.165) is 12.8 Å². The van der Waals surface area contributed by atoms with Crippen LogP contribution < -0.4 is 5.32 Å². The molecule has 1 aliphatic heterocycles. The summed E-state index contributed by atoms with van der Waals surface area (Å²) in [5.74, 6) is -0.380. The standard InChI is InChI=1S/C21H25ClN2O4S/c1-16(7-8-17-5-3-2-4-6-17)23-21(25)19-15-18(9-10-20(19)22)29(26,27)24-11-13-28-14-12-24/h2-6,9-10,15-16H,7-8,11-14H2,1H3,(H,23,25)/t16-/m0/s1. The molecule has 0 radical (unpaired) electrons. The predicted molar refractivity (Wildman–Crippen MR) is 113 cm³/mol. The fraction of sp³-hybridized carbons (Fsp3) is 0.381. The van der Waals surface area contributed by atoms with Crippen LogP contribution in [0, 0.1) is 0 Å². The molecule has 2 aromatic rings. The first-order valence-electron chi connectivity index (χ1n) is 9.60. The van der Waals surface area contributed by atoms with Crippen LogP contribution in [0.15, 0.2) is 53.4 Å². The number of benzene rings is 2. The summed E-state index contributed by atoms with van der Waals surface area (Å²) >= 11 is 6.19.